The zero-order valence-electron chi connectivity index (χ0n) is 32.2. The number of carbonyl (C=O) groups excluding carboxylic acids is 5. The van der Waals surface area contributed by atoms with E-state index in [9.17, 15) is 24.0 Å². The van der Waals surface area contributed by atoms with Crippen molar-refractivity contribution in [3.8, 4) is 0 Å². The Morgan fingerprint density at radius 2 is 1.63 bits per heavy atom. The van der Waals surface area contributed by atoms with Gasteiger partial charge in [0.15, 0.2) is 0 Å². The number of furan rings is 1. The Balaban J connectivity index is 1.85. The summed E-state index contributed by atoms with van der Waals surface area (Å²) in [7, 11) is 1.31. The average molecular weight is 727 g/mol. The Bertz CT molecular complexity index is 1640. The second-order valence-electron chi connectivity index (χ2n) is 16.0. The van der Waals surface area contributed by atoms with Crippen molar-refractivity contribution in [3.05, 3.63) is 47.0 Å². The summed E-state index contributed by atoms with van der Waals surface area (Å²) in [6, 6.07) is 1.87. The third-order valence-electron chi connectivity index (χ3n) is 12.7. The lowest BCUT2D eigenvalue weighted by Gasteiger charge is -2.66. The fraction of sp³-hybridized carbons (Fsp3) is 0.675. The van der Waals surface area contributed by atoms with E-state index >= 15 is 0 Å². The van der Waals surface area contributed by atoms with Gasteiger partial charge in [-0.2, -0.15) is 0 Å². The van der Waals surface area contributed by atoms with Crippen LogP contribution in [0.15, 0.2) is 45.8 Å². The van der Waals surface area contributed by atoms with Gasteiger partial charge in [-0.3, -0.25) is 19.2 Å². The lowest BCUT2D eigenvalue weighted by atomic mass is 9.39. The summed E-state index contributed by atoms with van der Waals surface area (Å²) in [5.74, 6) is -4.55. The second kappa shape index (κ2) is 14.5. The van der Waals surface area contributed by atoms with Crippen LogP contribution in [-0.2, 0) is 52.4 Å². The quantitative estimate of drug-likeness (QED) is 0.120. The molecule has 3 fully saturated rings. The number of methoxy groups -OCH3 is 1. The topological polar surface area (TPSA) is 154 Å². The van der Waals surface area contributed by atoms with Gasteiger partial charge in [0.2, 0.25) is 0 Å². The van der Waals surface area contributed by atoms with Gasteiger partial charge in [0.05, 0.1) is 38.3 Å². The molecule has 0 amide bonds. The number of rotatable bonds is 10. The Morgan fingerprint density at radius 1 is 0.962 bits per heavy atom. The minimum atomic E-state index is -1.25. The molecule has 52 heavy (non-hydrogen) atoms. The van der Waals surface area contributed by atoms with E-state index in [1.54, 1.807) is 46.3 Å². The van der Waals surface area contributed by atoms with Crippen LogP contribution in [0.2, 0.25) is 0 Å². The Labute approximate surface area is 305 Å². The van der Waals surface area contributed by atoms with Crippen molar-refractivity contribution in [3.63, 3.8) is 0 Å². The molecule has 1 aromatic rings. The SMILES string of the molecule is CC=C(C)C(=O)OC1CC(OC(C)=O)C2(C)COC3C(OC(=O)C(C)C)C(C)(C4=C(C)C(c5ccoc5)CC4OC(C)=O)C(CC(=O)OC)C1(C)C32. The highest BCUT2D eigenvalue weighted by atomic mass is 16.6. The largest absolute Gasteiger partial charge is 0.472 e. The van der Waals surface area contributed by atoms with Gasteiger partial charge in [0, 0.05) is 60.3 Å². The van der Waals surface area contributed by atoms with Crippen molar-refractivity contribution in [2.75, 3.05) is 13.7 Å². The molecule has 286 valence electrons. The summed E-state index contributed by atoms with van der Waals surface area (Å²) in [5.41, 5.74) is -0.301. The minimum Gasteiger partial charge on any atom is -0.472 e. The molecule has 12 nitrogen and oxygen atoms in total. The van der Waals surface area contributed by atoms with Gasteiger partial charge in [-0.15, -0.1) is 0 Å². The van der Waals surface area contributed by atoms with E-state index in [0.29, 0.717) is 17.6 Å². The van der Waals surface area contributed by atoms with Crippen LogP contribution in [0.5, 0.6) is 0 Å². The highest BCUT2D eigenvalue weighted by molar-refractivity contribution is 5.87. The summed E-state index contributed by atoms with van der Waals surface area (Å²) < 4.78 is 42.7. The maximum Gasteiger partial charge on any atom is 0.333 e. The highest BCUT2D eigenvalue weighted by Gasteiger charge is 2.77. The number of hydrogen-bond donors (Lipinski definition) is 0. The van der Waals surface area contributed by atoms with Crippen LogP contribution < -0.4 is 0 Å². The molecule has 1 aliphatic heterocycles. The van der Waals surface area contributed by atoms with Gasteiger partial charge in [-0.25, -0.2) is 4.79 Å². The summed E-state index contributed by atoms with van der Waals surface area (Å²) in [4.78, 5) is 66.5. The molecular weight excluding hydrogens is 672 g/mol. The standard InChI is InChI=1S/C40H54O12/c1-12-21(4)37(45)51-30-17-29(50-24(7)42)38(8)19-48-33-34(38)39(30,9)28(16-31(43)46-11)40(10,35(33)52-36(44)20(2)3)32-22(5)26(25-13-14-47-18-25)15-27(32)49-23(6)41/h12-14,18,20,26-30,33-35H,15-17,19H2,1-11H3. The molecule has 4 aliphatic rings. The summed E-state index contributed by atoms with van der Waals surface area (Å²) in [5, 5.41) is 0. The Hall–Kier alpha value is -3.93. The molecule has 0 bridgehead atoms. The lowest BCUT2D eigenvalue weighted by molar-refractivity contribution is -0.261. The van der Waals surface area contributed by atoms with Crippen LogP contribution >= 0.6 is 0 Å². The van der Waals surface area contributed by atoms with Gasteiger partial charge in [-0.1, -0.05) is 46.3 Å². The smallest absolute Gasteiger partial charge is 0.333 e. The highest BCUT2D eigenvalue weighted by Crippen LogP contribution is 2.72. The summed E-state index contributed by atoms with van der Waals surface area (Å²) in [6.07, 6.45) is 1.08. The van der Waals surface area contributed by atoms with Crippen molar-refractivity contribution in [2.45, 2.75) is 125 Å². The molecule has 1 saturated heterocycles. The Morgan fingerprint density at radius 3 is 2.19 bits per heavy atom. The zero-order chi connectivity index (χ0) is 38.5. The van der Waals surface area contributed by atoms with Crippen LogP contribution in [0, 0.1) is 34.0 Å². The first-order valence-electron chi connectivity index (χ1n) is 18.2. The molecule has 0 aromatic carbocycles. The van der Waals surface area contributed by atoms with Crippen LogP contribution in [0.25, 0.3) is 0 Å². The van der Waals surface area contributed by atoms with Gasteiger partial charge in [-0.05, 0) is 50.3 Å². The number of esters is 5. The maximum absolute atomic E-state index is 13.8. The van der Waals surface area contributed by atoms with Crippen molar-refractivity contribution >= 4 is 29.8 Å². The monoisotopic (exact) mass is 726 g/mol. The van der Waals surface area contributed by atoms with Crippen LogP contribution in [0.4, 0.5) is 0 Å². The molecule has 12 heteroatoms. The fourth-order valence-electron chi connectivity index (χ4n) is 10.3. The third kappa shape index (κ3) is 6.38. The van der Waals surface area contributed by atoms with Crippen LogP contribution in [0.3, 0.4) is 0 Å². The minimum absolute atomic E-state index is 0.134. The van der Waals surface area contributed by atoms with Gasteiger partial charge < -0.3 is 32.8 Å². The molecule has 2 saturated carbocycles. The first-order chi connectivity index (χ1) is 24.4. The van der Waals surface area contributed by atoms with E-state index in [4.69, 9.17) is 32.8 Å². The lowest BCUT2D eigenvalue weighted by Crippen LogP contribution is -2.72. The number of ether oxygens (including phenoxy) is 6. The zero-order valence-corrected chi connectivity index (χ0v) is 32.2. The number of hydrogen-bond acceptors (Lipinski definition) is 12. The normalized spacial score (nSPS) is 37.0. The van der Waals surface area contributed by atoms with Gasteiger partial charge in [0.25, 0.3) is 0 Å². The van der Waals surface area contributed by atoms with Crippen molar-refractivity contribution in [1.29, 1.82) is 0 Å². The predicted octanol–water partition coefficient (Wildman–Crippen LogP) is 6.02. The summed E-state index contributed by atoms with van der Waals surface area (Å²) >= 11 is 0. The number of carbonyl (C=O) groups is 5. The average Bonchev–Trinajstić information content (AvgIpc) is 3.81. The van der Waals surface area contributed by atoms with Crippen molar-refractivity contribution < 1.29 is 56.8 Å². The Kier molecular flexibility index (Phi) is 10.9. The van der Waals surface area contributed by atoms with Crippen LogP contribution in [-0.4, -0.2) is 74.1 Å². The fourth-order valence-corrected chi connectivity index (χ4v) is 10.3. The molecule has 3 aliphatic carbocycles. The van der Waals surface area contributed by atoms with E-state index in [1.165, 1.54) is 21.0 Å². The first kappa shape index (κ1) is 39.3. The van der Waals surface area contributed by atoms with E-state index in [1.807, 2.05) is 33.8 Å². The van der Waals surface area contributed by atoms with Gasteiger partial charge >= 0.3 is 29.8 Å². The molecule has 11 atom stereocenters. The molecule has 1 aromatic heterocycles. The molecule has 11 unspecified atom stereocenters. The molecule has 5 rings (SSSR count). The van der Waals surface area contributed by atoms with Crippen LogP contribution in [0.1, 0.15) is 100.0 Å². The number of allylic oxidation sites excluding steroid dienone is 2. The second-order valence-corrected chi connectivity index (χ2v) is 16.0. The summed E-state index contributed by atoms with van der Waals surface area (Å²) in [6.45, 7) is 17.6. The van der Waals surface area contributed by atoms with E-state index in [0.717, 1.165) is 11.1 Å². The first-order valence-corrected chi connectivity index (χ1v) is 18.2. The van der Waals surface area contributed by atoms with E-state index < -0.39 is 94.4 Å². The molecule has 0 spiro atoms. The third-order valence-corrected chi connectivity index (χ3v) is 12.7. The van der Waals surface area contributed by atoms with Crippen molar-refractivity contribution in [1.82, 2.24) is 0 Å². The van der Waals surface area contributed by atoms with E-state index in [-0.39, 0.29) is 25.4 Å². The van der Waals surface area contributed by atoms with Gasteiger partial charge in [0.1, 0.15) is 24.4 Å². The maximum atomic E-state index is 13.8. The van der Waals surface area contributed by atoms with E-state index in [2.05, 4.69) is 0 Å². The molecule has 0 radical (unpaired) electrons. The predicted molar refractivity (Wildman–Crippen MR) is 186 cm³/mol. The molecular formula is C40H54O12. The molecule has 0 N–H and O–H groups in total. The molecule has 2 heterocycles. The van der Waals surface area contributed by atoms with Crippen molar-refractivity contribution in [2.24, 2.45) is 34.0 Å².